The third-order valence-corrected chi connectivity index (χ3v) is 2.61. The van der Waals surface area contributed by atoms with E-state index in [4.69, 9.17) is 20.3 Å². The number of nitrogen functional groups attached to an aromatic ring is 1. The lowest BCUT2D eigenvalue weighted by atomic mass is 10.1. The van der Waals surface area contributed by atoms with Gasteiger partial charge in [0, 0.05) is 19.8 Å². The molecule has 0 bridgehead atoms. The topological polar surface area (TPSA) is 90.5 Å². The van der Waals surface area contributed by atoms with Crippen LogP contribution >= 0.6 is 0 Å². The molecule has 0 aliphatic heterocycles. The summed E-state index contributed by atoms with van der Waals surface area (Å²) in [5.41, 5.74) is 6.62. The molecule has 0 radical (unpaired) electrons. The van der Waals surface area contributed by atoms with Crippen molar-refractivity contribution >= 4 is 5.82 Å². The van der Waals surface area contributed by atoms with Gasteiger partial charge in [0.25, 0.3) is 0 Å². The fraction of sp³-hybridized carbons (Fsp3) is 0.286. The predicted molar refractivity (Wildman–Crippen MR) is 74.5 cm³/mol. The molecule has 0 amide bonds. The average molecular weight is 275 g/mol. The molecule has 0 aliphatic carbocycles. The van der Waals surface area contributed by atoms with Crippen LogP contribution in [-0.2, 0) is 17.8 Å². The molecule has 6 heteroatoms. The van der Waals surface area contributed by atoms with Gasteiger partial charge in [-0.05, 0) is 18.1 Å². The molecular weight excluding hydrogens is 258 g/mol. The van der Waals surface area contributed by atoms with Gasteiger partial charge in [-0.3, -0.25) is 0 Å². The number of aliphatic hydroxyl groups excluding tert-OH is 1. The van der Waals surface area contributed by atoms with E-state index in [-0.39, 0.29) is 13.2 Å². The van der Waals surface area contributed by atoms with E-state index in [0.717, 1.165) is 5.56 Å². The van der Waals surface area contributed by atoms with Crippen LogP contribution in [0.15, 0.2) is 30.3 Å². The fourth-order valence-corrected chi connectivity index (χ4v) is 1.78. The number of benzene rings is 1. The Hall–Kier alpha value is -2.18. The van der Waals surface area contributed by atoms with Gasteiger partial charge in [-0.15, -0.1) is 0 Å². The Labute approximate surface area is 117 Å². The molecule has 3 N–H and O–H groups in total. The quantitative estimate of drug-likeness (QED) is 0.831. The maximum atomic E-state index is 9.05. The Morgan fingerprint density at radius 1 is 1.25 bits per heavy atom. The average Bonchev–Trinajstić information content (AvgIpc) is 2.41. The zero-order chi connectivity index (χ0) is 14.4. The second-order valence-electron chi connectivity index (χ2n) is 4.16. The third-order valence-electron chi connectivity index (χ3n) is 2.61. The largest absolute Gasteiger partial charge is 0.439 e. The minimum absolute atomic E-state index is 0.0568. The van der Waals surface area contributed by atoms with Gasteiger partial charge in [0.15, 0.2) is 5.82 Å². The zero-order valence-corrected chi connectivity index (χ0v) is 11.2. The Morgan fingerprint density at radius 2 is 2.05 bits per heavy atom. The van der Waals surface area contributed by atoms with Crippen LogP contribution in [-0.4, -0.2) is 28.8 Å². The summed E-state index contributed by atoms with van der Waals surface area (Å²) >= 11 is 0. The molecule has 1 heterocycles. The molecule has 0 saturated heterocycles. The molecule has 0 saturated carbocycles. The van der Waals surface area contributed by atoms with E-state index in [2.05, 4.69) is 9.97 Å². The summed E-state index contributed by atoms with van der Waals surface area (Å²) in [4.78, 5) is 8.26. The van der Waals surface area contributed by atoms with E-state index in [1.807, 2.05) is 24.3 Å². The minimum Gasteiger partial charge on any atom is -0.439 e. The Bertz CT molecular complexity index is 575. The van der Waals surface area contributed by atoms with Crippen LogP contribution in [0.25, 0.3) is 0 Å². The van der Waals surface area contributed by atoms with Crippen LogP contribution in [0, 0.1) is 0 Å². The van der Waals surface area contributed by atoms with Gasteiger partial charge >= 0.3 is 0 Å². The lowest BCUT2D eigenvalue weighted by Gasteiger charge is -2.10. The van der Waals surface area contributed by atoms with E-state index in [0.29, 0.717) is 29.7 Å². The second kappa shape index (κ2) is 6.83. The maximum Gasteiger partial charge on any atom is 0.224 e. The molecule has 1 aromatic carbocycles. The molecule has 1 aromatic heterocycles. The Balaban J connectivity index is 2.25. The van der Waals surface area contributed by atoms with Crippen molar-refractivity contribution in [2.24, 2.45) is 0 Å². The van der Waals surface area contributed by atoms with Crippen LogP contribution in [0.2, 0.25) is 0 Å². The fourth-order valence-electron chi connectivity index (χ4n) is 1.78. The highest BCUT2D eigenvalue weighted by atomic mass is 16.5. The third kappa shape index (κ3) is 3.66. The molecule has 20 heavy (non-hydrogen) atoms. The normalized spacial score (nSPS) is 10.5. The molecule has 0 fully saturated rings. The number of hydrogen-bond acceptors (Lipinski definition) is 6. The number of aromatic nitrogens is 2. The van der Waals surface area contributed by atoms with Gasteiger partial charge in [-0.2, -0.15) is 4.98 Å². The molecule has 2 rings (SSSR count). The molecule has 0 spiro atoms. The van der Waals surface area contributed by atoms with Crippen LogP contribution in [0.3, 0.4) is 0 Å². The van der Waals surface area contributed by atoms with Gasteiger partial charge in [-0.25, -0.2) is 4.98 Å². The number of methoxy groups -OCH3 is 1. The number of nitrogens with zero attached hydrogens (tertiary/aromatic N) is 2. The SMILES string of the molecule is COCc1nc(N)cc(Oc2ccccc2CCO)n1. The van der Waals surface area contributed by atoms with Gasteiger partial charge in [0.2, 0.25) is 5.88 Å². The number of nitrogens with two attached hydrogens (primary N) is 1. The highest BCUT2D eigenvalue weighted by Crippen LogP contribution is 2.25. The van der Waals surface area contributed by atoms with Crippen molar-refractivity contribution in [3.63, 3.8) is 0 Å². The van der Waals surface area contributed by atoms with Crippen molar-refractivity contribution < 1.29 is 14.6 Å². The number of rotatable bonds is 6. The first kappa shape index (κ1) is 14.2. The summed E-state index contributed by atoms with van der Waals surface area (Å²) in [5.74, 6) is 1.78. The van der Waals surface area contributed by atoms with Crippen LogP contribution < -0.4 is 10.5 Å². The van der Waals surface area contributed by atoms with Crippen molar-refractivity contribution in [1.29, 1.82) is 0 Å². The highest BCUT2D eigenvalue weighted by Gasteiger charge is 2.08. The summed E-state index contributed by atoms with van der Waals surface area (Å²) in [7, 11) is 1.56. The minimum atomic E-state index is 0.0568. The lowest BCUT2D eigenvalue weighted by Crippen LogP contribution is -2.03. The Kier molecular flexibility index (Phi) is 4.86. The van der Waals surface area contributed by atoms with Crippen LogP contribution in [0.1, 0.15) is 11.4 Å². The van der Waals surface area contributed by atoms with Gasteiger partial charge in [0.1, 0.15) is 18.2 Å². The highest BCUT2D eigenvalue weighted by molar-refractivity contribution is 5.39. The summed E-state index contributed by atoms with van der Waals surface area (Å²) in [6.07, 6.45) is 0.516. The summed E-state index contributed by atoms with van der Waals surface area (Å²) in [6, 6.07) is 9.01. The summed E-state index contributed by atoms with van der Waals surface area (Å²) < 4.78 is 10.7. The first-order valence-electron chi connectivity index (χ1n) is 6.22. The van der Waals surface area contributed by atoms with E-state index >= 15 is 0 Å². The van der Waals surface area contributed by atoms with E-state index < -0.39 is 0 Å². The molecule has 0 atom stereocenters. The monoisotopic (exact) mass is 275 g/mol. The second-order valence-corrected chi connectivity index (χ2v) is 4.16. The lowest BCUT2D eigenvalue weighted by molar-refractivity contribution is 0.177. The summed E-state index contributed by atoms with van der Waals surface area (Å²) in [6.45, 7) is 0.320. The van der Waals surface area contributed by atoms with Gasteiger partial charge in [-0.1, -0.05) is 18.2 Å². The van der Waals surface area contributed by atoms with Gasteiger partial charge in [0.05, 0.1) is 0 Å². The first-order chi connectivity index (χ1) is 9.72. The smallest absolute Gasteiger partial charge is 0.224 e. The zero-order valence-electron chi connectivity index (χ0n) is 11.2. The van der Waals surface area contributed by atoms with Crippen molar-refractivity contribution in [1.82, 2.24) is 9.97 Å². The standard InChI is InChI=1S/C14H17N3O3/c1-19-9-13-16-12(15)8-14(17-13)20-11-5-3-2-4-10(11)6-7-18/h2-5,8,18H,6-7,9H2,1H3,(H2,15,16,17). The number of aliphatic hydroxyl groups is 1. The number of hydrogen-bond donors (Lipinski definition) is 2. The first-order valence-corrected chi connectivity index (χ1v) is 6.22. The Morgan fingerprint density at radius 3 is 2.80 bits per heavy atom. The summed E-state index contributed by atoms with van der Waals surface area (Å²) in [5, 5.41) is 9.05. The van der Waals surface area contributed by atoms with Crippen molar-refractivity contribution in [3.05, 3.63) is 41.7 Å². The van der Waals surface area contributed by atoms with Gasteiger partial charge < -0.3 is 20.3 Å². The van der Waals surface area contributed by atoms with Crippen molar-refractivity contribution in [2.45, 2.75) is 13.0 Å². The molecule has 6 nitrogen and oxygen atoms in total. The number of ether oxygens (including phenoxy) is 2. The molecule has 106 valence electrons. The molecule has 0 unspecified atom stereocenters. The number of para-hydroxylation sites is 1. The van der Waals surface area contributed by atoms with Crippen molar-refractivity contribution in [2.75, 3.05) is 19.5 Å². The number of anilines is 1. The van der Waals surface area contributed by atoms with Crippen LogP contribution in [0.5, 0.6) is 11.6 Å². The van der Waals surface area contributed by atoms with Crippen LogP contribution in [0.4, 0.5) is 5.82 Å². The molecular formula is C14H17N3O3. The van der Waals surface area contributed by atoms with E-state index in [1.165, 1.54) is 0 Å². The van der Waals surface area contributed by atoms with Crippen molar-refractivity contribution in [3.8, 4) is 11.6 Å². The molecule has 0 aliphatic rings. The predicted octanol–water partition coefficient (Wildman–Crippen LogP) is 1.53. The maximum absolute atomic E-state index is 9.05. The van der Waals surface area contributed by atoms with E-state index in [1.54, 1.807) is 13.2 Å². The van der Waals surface area contributed by atoms with E-state index in [9.17, 15) is 0 Å². The molecule has 2 aromatic rings.